The zero-order valence-electron chi connectivity index (χ0n) is 10.9. The number of aryl methyl sites for hydroxylation is 2. The van der Waals surface area contributed by atoms with Gasteiger partial charge >= 0.3 is 0 Å². The Balaban J connectivity index is 2.52. The van der Waals surface area contributed by atoms with Crippen LogP contribution in [0.2, 0.25) is 0 Å². The standard InChI is InChI=1S/C12H20N2O2S/c1-5-10-11(17-9(4)14-10)7-13-12(15)8(3)16-6-2/h8H,5-7H2,1-4H3,(H,13,15). The maximum absolute atomic E-state index is 11.7. The molecule has 1 N–H and O–H groups in total. The first-order valence-corrected chi connectivity index (χ1v) is 6.74. The van der Waals surface area contributed by atoms with Gasteiger partial charge in [0.2, 0.25) is 5.91 Å². The van der Waals surface area contributed by atoms with E-state index in [0.29, 0.717) is 13.2 Å². The van der Waals surface area contributed by atoms with Gasteiger partial charge in [-0.2, -0.15) is 0 Å². The number of carbonyl (C=O) groups excluding carboxylic acids is 1. The zero-order valence-corrected chi connectivity index (χ0v) is 11.7. The molecular weight excluding hydrogens is 236 g/mol. The van der Waals surface area contributed by atoms with Gasteiger partial charge in [-0.05, 0) is 27.2 Å². The largest absolute Gasteiger partial charge is 0.369 e. The number of nitrogens with zero attached hydrogens (tertiary/aromatic N) is 1. The van der Waals surface area contributed by atoms with E-state index in [0.717, 1.165) is 22.0 Å². The van der Waals surface area contributed by atoms with E-state index in [4.69, 9.17) is 4.74 Å². The van der Waals surface area contributed by atoms with Crippen molar-refractivity contribution in [3.05, 3.63) is 15.6 Å². The van der Waals surface area contributed by atoms with Gasteiger partial charge in [0, 0.05) is 11.5 Å². The smallest absolute Gasteiger partial charge is 0.249 e. The Labute approximate surface area is 106 Å². The molecule has 0 bridgehead atoms. The molecule has 0 spiro atoms. The Bertz CT molecular complexity index is 377. The van der Waals surface area contributed by atoms with E-state index in [1.807, 2.05) is 13.8 Å². The molecule has 0 fully saturated rings. The molecule has 0 aliphatic heterocycles. The molecule has 1 heterocycles. The van der Waals surface area contributed by atoms with Crippen molar-refractivity contribution in [3.63, 3.8) is 0 Å². The Hall–Kier alpha value is -0.940. The van der Waals surface area contributed by atoms with E-state index in [-0.39, 0.29) is 12.0 Å². The summed E-state index contributed by atoms with van der Waals surface area (Å²) in [6.45, 7) is 8.79. The highest BCUT2D eigenvalue weighted by molar-refractivity contribution is 7.11. The Morgan fingerprint density at radius 2 is 2.24 bits per heavy atom. The molecule has 1 atom stereocenters. The molecule has 1 amide bonds. The van der Waals surface area contributed by atoms with E-state index in [9.17, 15) is 4.79 Å². The van der Waals surface area contributed by atoms with E-state index in [1.165, 1.54) is 0 Å². The lowest BCUT2D eigenvalue weighted by Crippen LogP contribution is -2.34. The summed E-state index contributed by atoms with van der Waals surface area (Å²) in [6, 6.07) is 0. The molecule has 1 aromatic rings. The number of hydrogen-bond acceptors (Lipinski definition) is 4. The van der Waals surface area contributed by atoms with Gasteiger partial charge < -0.3 is 10.1 Å². The minimum Gasteiger partial charge on any atom is -0.369 e. The van der Waals surface area contributed by atoms with Gasteiger partial charge in [0.15, 0.2) is 0 Å². The highest BCUT2D eigenvalue weighted by Gasteiger charge is 2.14. The first kappa shape index (κ1) is 14.1. The van der Waals surface area contributed by atoms with E-state index >= 15 is 0 Å². The topological polar surface area (TPSA) is 51.2 Å². The van der Waals surface area contributed by atoms with Gasteiger partial charge in [0.05, 0.1) is 17.2 Å². The number of nitrogens with one attached hydrogen (secondary N) is 1. The Morgan fingerprint density at radius 3 is 2.82 bits per heavy atom. The molecule has 0 aliphatic rings. The first-order chi connectivity index (χ1) is 8.08. The summed E-state index contributed by atoms with van der Waals surface area (Å²) in [6.07, 6.45) is 0.510. The van der Waals surface area contributed by atoms with Gasteiger partial charge in [-0.3, -0.25) is 4.79 Å². The third-order valence-electron chi connectivity index (χ3n) is 2.43. The van der Waals surface area contributed by atoms with Crippen molar-refractivity contribution in [1.29, 1.82) is 0 Å². The SMILES string of the molecule is CCOC(C)C(=O)NCc1sc(C)nc1CC. The van der Waals surface area contributed by atoms with Crippen LogP contribution in [0.25, 0.3) is 0 Å². The summed E-state index contributed by atoms with van der Waals surface area (Å²) in [5.74, 6) is -0.0695. The van der Waals surface area contributed by atoms with Crippen molar-refractivity contribution in [2.75, 3.05) is 6.61 Å². The van der Waals surface area contributed by atoms with Crippen LogP contribution in [-0.4, -0.2) is 23.6 Å². The van der Waals surface area contributed by atoms with Gasteiger partial charge in [-0.15, -0.1) is 11.3 Å². The monoisotopic (exact) mass is 256 g/mol. The van der Waals surface area contributed by atoms with Crippen LogP contribution in [0, 0.1) is 6.92 Å². The molecule has 4 nitrogen and oxygen atoms in total. The summed E-state index contributed by atoms with van der Waals surface area (Å²) < 4.78 is 5.23. The van der Waals surface area contributed by atoms with E-state index < -0.39 is 0 Å². The minimum absolute atomic E-state index is 0.0695. The molecule has 96 valence electrons. The summed E-state index contributed by atoms with van der Waals surface area (Å²) in [4.78, 5) is 17.2. The van der Waals surface area contributed by atoms with Crippen molar-refractivity contribution < 1.29 is 9.53 Å². The lowest BCUT2D eigenvalue weighted by Gasteiger charge is -2.11. The zero-order chi connectivity index (χ0) is 12.8. The third kappa shape index (κ3) is 4.09. The van der Waals surface area contributed by atoms with Crippen LogP contribution in [0.1, 0.15) is 36.3 Å². The van der Waals surface area contributed by atoms with E-state index in [1.54, 1.807) is 18.3 Å². The van der Waals surface area contributed by atoms with E-state index in [2.05, 4.69) is 17.2 Å². The summed E-state index contributed by atoms with van der Waals surface area (Å²) in [5, 5.41) is 3.92. The summed E-state index contributed by atoms with van der Waals surface area (Å²) >= 11 is 1.64. The highest BCUT2D eigenvalue weighted by Crippen LogP contribution is 2.18. The van der Waals surface area contributed by atoms with Crippen LogP contribution in [0.4, 0.5) is 0 Å². The van der Waals surface area contributed by atoms with Crippen LogP contribution in [0.15, 0.2) is 0 Å². The predicted octanol–water partition coefficient (Wildman–Crippen LogP) is 2.06. The van der Waals surface area contributed by atoms with Crippen LogP contribution >= 0.6 is 11.3 Å². The maximum atomic E-state index is 11.7. The fraction of sp³-hybridized carbons (Fsp3) is 0.667. The first-order valence-electron chi connectivity index (χ1n) is 5.92. The number of ether oxygens (including phenoxy) is 1. The molecule has 1 rings (SSSR count). The number of thiazole rings is 1. The molecule has 0 saturated heterocycles. The second-order valence-electron chi connectivity index (χ2n) is 3.77. The summed E-state index contributed by atoms with van der Waals surface area (Å²) in [7, 11) is 0. The van der Waals surface area contributed by atoms with Gasteiger partial charge in [-0.25, -0.2) is 4.98 Å². The summed E-state index contributed by atoms with van der Waals surface area (Å²) in [5.41, 5.74) is 1.08. The van der Waals surface area contributed by atoms with Crippen molar-refractivity contribution in [3.8, 4) is 0 Å². The third-order valence-corrected chi connectivity index (χ3v) is 3.44. The number of amides is 1. The van der Waals surface area contributed by atoms with Crippen molar-refractivity contribution >= 4 is 17.2 Å². The van der Waals surface area contributed by atoms with Crippen molar-refractivity contribution in [2.45, 2.75) is 46.8 Å². The highest BCUT2D eigenvalue weighted by atomic mass is 32.1. The van der Waals surface area contributed by atoms with Gasteiger partial charge in [0.25, 0.3) is 0 Å². The number of aromatic nitrogens is 1. The minimum atomic E-state index is -0.390. The number of rotatable bonds is 6. The lowest BCUT2D eigenvalue weighted by molar-refractivity contribution is -0.131. The maximum Gasteiger partial charge on any atom is 0.249 e. The average Bonchev–Trinajstić information content (AvgIpc) is 2.66. The second kappa shape index (κ2) is 6.71. The fourth-order valence-electron chi connectivity index (χ4n) is 1.56. The Morgan fingerprint density at radius 1 is 1.53 bits per heavy atom. The van der Waals surface area contributed by atoms with Crippen LogP contribution in [0.5, 0.6) is 0 Å². The molecule has 5 heteroatoms. The number of carbonyl (C=O) groups is 1. The predicted molar refractivity (Wildman–Crippen MR) is 69.2 cm³/mol. The molecule has 1 unspecified atom stereocenters. The fourth-order valence-corrected chi connectivity index (χ4v) is 2.53. The normalized spacial score (nSPS) is 12.5. The quantitative estimate of drug-likeness (QED) is 0.847. The van der Waals surface area contributed by atoms with Crippen molar-refractivity contribution in [2.24, 2.45) is 0 Å². The van der Waals surface area contributed by atoms with Crippen LogP contribution in [-0.2, 0) is 22.5 Å². The molecule has 0 aliphatic carbocycles. The molecular formula is C12H20N2O2S. The molecule has 0 saturated carbocycles. The van der Waals surface area contributed by atoms with Gasteiger partial charge in [0.1, 0.15) is 6.10 Å². The number of hydrogen-bond donors (Lipinski definition) is 1. The second-order valence-corrected chi connectivity index (χ2v) is 5.06. The van der Waals surface area contributed by atoms with Crippen LogP contribution < -0.4 is 5.32 Å². The van der Waals surface area contributed by atoms with Gasteiger partial charge in [-0.1, -0.05) is 6.92 Å². The Kier molecular flexibility index (Phi) is 5.58. The molecule has 0 radical (unpaired) electrons. The molecule has 0 aromatic carbocycles. The molecule has 1 aromatic heterocycles. The molecule has 17 heavy (non-hydrogen) atoms. The lowest BCUT2D eigenvalue weighted by atomic mass is 10.3. The average molecular weight is 256 g/mol. The van der Waals surface area contributed by atoms with Crippen LogP contribution in [0.3, 0.4) is 0 Å². The van der Waals surface area contributed by atoms with Crippen molar-refractivity contribution in [1.82, 2.24) is 10.3 Å².